The number of hydrogen-bond donors (Lipinski definition) is 0. The van der Waals surface area contributed by atoms with E-state index in [1.807, 2.05) is 29.2 Å². The van der Waals surface area contributed by atoms with Crippen molar-refractivity contribution in [1.29, 1.82) is 0 Å². The highest BCUT2D eigenvalue weighted by Gasteiger charge is 2.33. The van der Waals surface area contributed by atoms with Crippen molar-refractivity contribution in [1.82, 2.24) is 14.7 Å². The first kappa shape index (κ1) is 15.6. The van der Waals surface area contributed by atoms with Gasteiger partial charge >= 0.3 is 0 Å². The predicted octanol–water partition coefficient (Wildman–Crippen LogP) is 2.13. The van der Waals surface area contributed by atoms with Crippen molar-refractivity contribution in [2.45, 2.75) is 18.9 Å². The van der Waals surface area contributed by atoms with Crippen molar-refractivity contribution in [3.05, 3.63) is 42.2 Å². The molecule has 1 aliphatic carbocycles. The lowest BCUT2D eigenvalue weighted by molar-refractivity contribution is 0.0674. The molecule has 23 heavy (non-hydrogen) atoms. The van der Waals surface area contributed by atoms with Crippen molar-refractivity contribution in [2.75, 3.05) is 27.4 Å². The number of amides is 1. The monoisotopic (exact) mass is 315 g/mol. The van der Waals surface area contributed by atoms with Gasteiger partial charge in [0.25, 0.3) is 5.91 Å². The molecule has 0 aliphatic heterocycles. The van der Waals surface area contributed by atoms with E-state index in [2.05, 4.69) is 5.10 Å². The zero-order valence-corrected chi connectivity index (χ0v) is 13.4. The Labute approximate surface area is 135 Å². The molecule has 3 rings (SSSR count). The Balaban J connectivity index is 1.75. The van der Waals surface area contributed by atoms with Gasteiger partial charge in [0.15, 0.2) is 5.69 Å². The third-order valence-electron chi connectivity index (χ3n) is 3.93. The highest BCUT2D eigenvalue weighted by Crippen LogP contribution is 2.28. The van der Waals surface area contributed by atoms with E-state index in [1.165, 1.54) is 0 Å². The number of nitrogens with zero attached hydrogens (tertiary/aromatic N) is 3. The molecule has 0 saturated heterocycles. The summed E-state index contributed by atoms with van der Waals surface area (Å²) >= 11 is 0. The van der Waals surface area contributed by atoms with Crippen molar-refractivity contribution in [2.24, 2.45) is 0 Å². The minimum Gasteiger partial charge on any atom is -0.497 e. The molecule has 6 heteroatoms. The summed E-state index contributed by atoms with van der Waals surface area (Å²) in [5, 5.41) is 4.42. The lowest BCUT2D eigenvalue weighted by atomic mass is 10.3. The highest BCUT2D eigenvalue weighted by atomic mass is 16.5. The van der Waals surface area contributed by atoms with Crippen LogP contribution in [-0.2, 0) is 4.74 Å². The van der Waals surface area contributed by atoms with E-state index in [9.17, 15) is 4.79 Å². The van der Waals surface area contributed by atoms with Crippen LogP contribution in [-0.4, -0.2) is 54.0 Å². The van der Waals surface area contributed by atoms with Crippen LogP contribution in [0, 0.1) is 0 Å². The summed E-state index contributed by atoms with van der Waals surface area (Å²) in [4.78, 5) is 14.5. The van der Waals surface area contributed by atoms with Crippen LogP contribution in [0.5, 0.6) is 5.75 Å². The zero-order chi connectivity index (χ0) is 16.2. The molecular formula is C17H21N3O3. The molecular weight excluding hydrogens is 294 g/mol. The quantitative estimate of drug-likeness (QED) is 0.785. The molecule has 2 aromatic rings. The Kier molecular flexibility index (Phi) is 4.62. The molecule has 1 aliphatic rings. The molecule has 0 spiro atoms. The average molecular weight is 315 g/mol. The van der Waals surface area contributed by atoms with Crippen LogP contribution in [0.2, 0.25) is 0 Å². The molecule has 1 aromatic carbocycles. The van der Waals surface area contributed by atoms with Gasteiger partial charge < -0.3 is 14.4 Å². The molecule has 122 valence electrons. The number of methoxy groups -OCH3 is 2. The number of carbonyl (C=O) groups is 1. The van der Waals surface area contributed by atoms with Crippen molar-refractivity contribution in [3.63, 3.8) is 0 Å². The molecule has 0 unspecified atom stereocenters. The summed E-state index contributed by atoms with van der Waals surface area (Å²) < 4.78 is 12.0. The Hall–Kier alpha value is -2.34. The number of hydrogen-bond acceptors (Lipinski definition) is 4. The smallest absolute Gasteiger partial charge is 0.274 e. The minimum atomic E-state index is -0.0307. The summed E-state index contributed by atoms with van der Waals surface area (Å²) in [5.74, 6) is 0.758. The summed E-state index contributed by atoms with van der Waals surface area (Å²) in [7, 11) is 3.28. The van der Waals surface area contributed by atoms with Gasteiger partial charge in [-0.2, -0.15) is 5.10 Å². The zero-order valence-electron chi connectivity index (χ0n) is 13.4. The van der Waals surface area contributed by atoms with Gasteiger partial charge in [-0.25, -0.2) is 4.68 Å². The van der Waals surface area contributed by atoms with Crippen LogP contribution in [0.1, 0.15) is 23.3 Å². The SMILES string of the molecule is COCCN(C(=O)c1ccn(-c2ccc(OC)cc2)n1)C1CC1. The largest absolute Gasteiger partial charge is 0.497 e. The van der Waals surface area contributed by atoms with Crippen LogP contribution in [0.3, 0.4) is 0 Å². The van der Waals surface area contributed by atoms with Crippen LogP contribution in [0.25, 0.3) is 5.69 Å². The third-order valence-corrected chi connectivity index (χ3v) is 3.93. The standard InChI is InChI=1S/C17H21N3O3/c1-22-12-11-19(13-3-4-13)17(21)16-9-10-20(18-16)14-5-7-15(23-2)8-6-14/h5-10,13H,3-4,11-12H2,1-2H3. The first-order valence-electron chi connectivity index (χ1n) is 7.73. The number of carbonyl (C=O) groups excluding carboxylic acids is 1. The van der Waals surface area contributed by atoms with Crippen molar-refractivity contribution < 1.29 is 14.3 Å². The normalized spacial score (nSPS) is 13.8. The average Bonchev–Trinajstić information content (AvgIpc) is 3.30. The number of aromatic nitrogens is 2. The molecule has 1 saturated carbocycles. The summed E-state index contributed by atoms with van der Waals surface area (Å²) in [5.41, 5.74) is 1.35. The lowest BCUT2D eigenvalue weighted by Gasteiger charge is -2.20. The van der Waals surface area contributed by atoms with E-state index in [0.717, 1.165) is 24.3 Å². The fourth-order valence-corrected chi connectivity index (χ4v) is 2.49. The van der Waals surface area contributed by atoms with Crippen molar-refractivity contribution in [3.8, 4) is 11.4 Å². The van der Waals surface area contributed by atoms with Crippen LogP contribution >= 0.6 is 0 Å². The Morgan fingerprint density at radius 2 is 2.00 bits per heavy atom. The molecule has 0 radical (unpaired) electrons. The van der Waals surface area contributed by atoms with Crippen LogP contribution < -0.4 is 4.74 Å². The highest BCUT2D eigenvalue weighted by molar-refractivity contribution is 5.92. The van der Waals surface area contributed by atoms with E-state index in [-0.39, 0.29) is 5.91 Å². The molecule has 6 nitrogen and oxygen atoms in total. The summed E-state index contributed by atoms with van der Waals surface area (Å²) in [6, 6.07) is 9.65. The van der Waals surface area contributed by atoms with Crippen LogP contribution in [0.15, 0.2) is 36.5 Å². The maximum atomic E-state index is 12.7. The molecule has 0 atom stereocenters. The molecule has 1 heterocycles. The number of benzene rings is 1. The fourth-order valence-electron chi connectivity index (χ4n) is 2.49. The second-order valence-corrected chi connectivity index (χ2v) is 5.57. The lowest BCUT2D eigenvalue weighted by Crippen LogP contribution is -2.36. The first-order chi connectivity index (χ1) is 11.2. The van der Waals surface area contributed by atoms with Gasteiger partial charge in [0, 0.05) is 25.9 Å². The Morgan fingerprint density at radius 1 is 1.26 bits per heavy atom. The fraction of sp³-hybridized carbons (Fsp3) is 0.412. The molecule has 1 fully saturated rings. The number of rotatable bonds is 7. The second kappa shape index (κ2) is 6.83. The maximum absolute atomic E-state index is 12.7. The summed E-state index contributed by atoms with van der Waals surface area (Å²) in [6.07, 6.45) is 3.93. The van der Waals surface area contributed by atoms with E-state index in [0.29, 0.717) is 24.9 Å². The molecule has 0 N–H and O–H groups in total. The molecule has 1 amide bonds. The third kappa shape index (κ3) is 3.53. The van der Waals surface area contributed by atoms with Gasteiger partial charge in [-0.3, -0.25) is 4.79 Å². The van der Waals surface area contributed by atoms with E-state index in [1.54, 1.807) is 31.2 Å². The van der Waals surface area contributed by atoms with E-state index >= 15 is 0 Å². The van der Waals surface area contributed by atoms with Gasteiger partial charge in [0.1, 0.15) is 5.75 Å². The van der Waals surface area contributed by atoms with E-state index in [4.69, 9.17) is 9.47 Å². The predicted molar refractivity (Wildman–Crippen MR) is 86.1 cm³/mol. The van der Waals surface area contributed by atoms with Crippen molar-refractivity contribution >= 4 is 5.91 Å². The topological polar surface area (TPSA) is 56.6 Å². The van der Waals surface area contributed by atoms with Gasteiger partial charge in [-0.05, 0) is 43.2 Å². The maximum Gasteiger partial charge on any atom is 0.274 e. The van der Waals surface area contributed by atoms with Gasteiger partial charge in [-0.1, -0.05) is 0 Å². The Bertz CT molecular complexity index is 662. The van der Waals surface area contributed by atoms with Crippen LogP contribution in [0.4, 0.5) is 0 Å². The molecule has 0 bridgehead atoms. The summed E-state index contributed by atoms with van der Waals surface area (Å²) in [6.45, 7) is 1.15. The molecule has 1 aromatic heterocycles. The first-order valence-corrected chi connectivity index (χ1v) is 7.73. The van der Waals surface area contributed by atoms with E-state index < -0.39 is 0 Å². The Morgan fingerprint density at radius 3 is 2.61 bits per heavy atom. The minimum absolute atomic E-state index is 0.0307. The van der Waals surface area contributed by atoms with Gasteiger partial charge in [0.2, 0.25) is 0 Å². The van der Waals surface area contributed by atoms with Gasteiger partial charge in [0.05, 0.1) is 19.4 Å². The number of ether oxygens (including phenoxy) is 2. The second-order valence-electron chi connectivity index (χ2n) is 5.57. The van der Waals surface area contributed by atoms with Gasteiger partial charge in [-0.15, -0.1) is 0 Å².